The Morgan fingerprint density at radius 2 is 2.00 bits per heavy atom. The van der Waals surface area contributed by atoms with Crippen molar-refractivity contribution in [1.82, 2.24) is 15.2 Å². The molecule has 1 heterocycles. The maximum atomic E-state index is 8.82. The largest absolute Gasteiger partial charge is 0.396 e. The summed E-state index contributed by atoms with van der Waals surface area (Å²) < 4.78 is 0. The Balaban J connectivity index is 2.55. The van der Waals surface area contributed by atoms with E-state index in [0.29, 0.717) is 12.5 Å². The Bertz CT molecular complexity index is 303. The summed E-state index contributed by atoms with van der Waals surface area (Å²) in [5, 5.41) is 19.7. The number of aromatic nitrogens is 3. The van der Waals surface area contributed by atoms with E-state index >= 15 is 0 Å². The monoisotopic (exact) mass is 196 g/mol. The van der Waals surface area contributed by atoms with E-state index in [0.717, 1.165) is 11.4 Å². The van der Waals surface area contributed by atoms with Crippen molar-refractivity contribution in [3.63, 3.8) is 0 Å². The first-order valence-corrected chi connectivity index (χ1v) is 4.66. The molecule has 0 bridgehead atoms. The maximum absolute atomic E-state index is 8.82. The van der Waals surface area contributed by atoms with Crippen LogP contribution in [0, 0.1) is 19.8 Å². The summed E-state index contributed by atoms with van der Waals surface area (Å²) in [5.41, 5.74) is 1.71. The molecule has 78 valence electrons. The van der Waals surface area contributed by atoms with Crippen molar-refractivity contribution in [2.45, 2.75) is 20.8 Å². The highest BCUT2D eigenvalue weighted by atomic mass is 16.3. The van der Waals surface area contributed by atoms with Crippen LogP contribution in [0.3, 0.4) is 0 Å². The fourth-order valence-corrected chi connectivity index (χ4v) is 0.862. The summed E-state index contributed by atoms with van der Waals surface area (Å²) in [7, 11) is 0. The molecule has 1 aromatic rings. The molecule has 5 heteroatoms. The molecule has 1 atom stereocenters. The molecule has 1 rings (SSSR count). The zero-order chi connectivity index (χ0) is 10.6. The highest BCUT2D eigenvalue weighted by Crippen LogP contribution is 2.02. The zero-order valence-electron chi connectivity index (χ0n) is 8.78. The third kappa shape index (κ3) is 2.92. The molecule has 0 saturated carbocycles. The number of nitrogens with zero attached hydrogens (tertiary/aromatic N) is 3. The molecule has 0 aliphatic carbocycles. The lowest BCUT2D eigenvalue weighted by molar-refractivity contribution is 0.244. The molecular formula is C9H16N4O. The van der Waals surface area contributed by atoms with Crippen molar-refractivity contribution in [3.8, 4) is 0 Å². The lowest BCUT2D eigenvalue weighted by Crippen LogP contribution is -2.16. The van der Waals surface area contributed by atoms with Gasteiger partial charge in [0, 0.05) is 13.2 Å². The minimum absolute atomic E-state index is 0.158. The van der Waals surface area contributed by atoms with E-state index in [1.807, 2.05) is 20.8 Å². The van der Waals surface area contributed by atoms with Crippen LogP contribution in [0.25, 0.3) is 0 Å². The number of hydrogen-bond donors (Lipinski definition) is 2. The van der Waals surface area contributed by atoms with E-state index in [2.05, 4.69) is 20.5 Å². The van der Waals surface area contributed by atoms with Gasteiger partial charge in [0.05, 0.1) is 11.4 Å². The summed E-state index contributed by atoms with van der Waals surface area (Å²) in [6.07, 6.45) is 0. The van der Waals surface area contributed by atoms with E-state index in [4.69, 9.17) is 5.11 Å². The summed E-state index contributed by atoms with van der Waals surface area (Å²) in [6.45, 7) is 6.52. The third-order valence-electron chi connectivity index (χ3n) is 2.01. The summed E-state index contributed by atoms with van der Waals surface area (Å²) >= 11 is 0. The van der Waals surface area contributed by atoms with Crippen LogP contribution in [0.4, 0.5) is 5.95 Å². The molecular weight excluding hydrogens is 180 g/mol. The van der Waals surface area contributed by atoms with Crippen LogP contribution < -0.4 is 5.32 Å². The zero-order valence-corrected chi connectivity index (χ0v) is 8.78. The predicted molar refractivity (Wildman–Crippen MR) is 54.0 cm³/mol. The molecule has 0 saturated heterocycles. The minimum atomic E-state index is 0.158. The van der Waals surface area contributed by atoms with Crippen LogP contribution in [0.5, 0.6) is 0 Å². The van der Waals surface area contributed by atoms with Gasteiger partial charge in [-0.2, -0.15) is 5.10 Å². The van der Waals surface area contributed by atoms with E-state index in [9.17, 15) is 0 Å². The highest BCUT2D eigenvalue weighted by molar-refractivity contribution is 5.24. The normalized spacial score (nSPS) is 12.6. The van der Waals surface area contributed by atoms with Gasteiger partial charge in [0.15, 0.2) is 0 Å². The van der Waals surface area contributed by atoms with Crippen LogP contribution in [-0.2, 0) is 0 Å². The average molecular weight is 196 g/mol. The van der Waals surface area contributed by atoms with Crippen LogP contribution in [0.1, 0.15) is 18.3 Å². The van der Waals surface area contributed by atoms with Gasteiger partial charge in [-0.15, -0.1) is 5.10 Å². The second-order valence-electron chi connectivity index (χ2n) is 3.47. The molecule has 0 spiro atoms. The second-order valence-corrected chi connectivity index (χ2v) is 3.47. The highest BCUT2D eigenvalue weighted by Gasteiger charge is 2.03. The van der Waals surface area contributed by atoms with Crippen molar-refractivity contribution < 1.29 is 5.11 Å². The Morgan fingerprint density at radius 3 is 2.57 bits per heavy atom. The number of rotatable bonds is 4. The number of aliphatic hydroxyl groups is 1. The number of anilines is 1. The SMILES string of the molecule is Cc1nnc(NCC(C)CO)nc1C. The third-order valence-corrected chi connectivity index (χ3v) is 2.01. The number of aryl methyl sites for hydroxylation is 2. The van der Waals surface area contributed by atoms with Gasteiger partial charge in [0.25, 0.3) is 0 Å². The molecule has 0 aromatic carbocycles. The minimum Gasteiger partial charge on any atom is -0.396 e. The van der Waals surface area contributed by atoms with E-state index in [-0.39, 0.29) is 12.5 Å². The molecule has 5 nitrogen and oxygen atoms in total. The maximum Gasteiger partial charge on any atom is 0.242 e. The number of hydrogen-bond acceptors (Lipinski definition) is 5. The van der Waals surface area contributed by atoms with Crippen molar-refractivity contribution in [2.75, 3.05) is 18.5 Å². The predicted octanol–water partition coefficient (Wildman–Crippen LogP) is 0.529. The molecule has 0 fully saturated rings. The Kier molecular flexibility index (Phi) is 3.76. The first-order valence-electron chi connectivity index (χ1n) is 4.66. The topological polar surface area (TPSA) is 70.9 Å². The van der Waals surface area contributed by atoms with Crippen LogP contribution in [0.2, 0.25) is 0 Å². The fraction of sp³-hybridized carbons (Fsp3) is 0.667. The van der Waals surface area contributed by atoms with Crippen molar-refractivity contribution >= 4 is 5.95 Å². The van der Waals surface area contributed by atoms with Gasteiger partial charge in [-0.1, -0.05) is 6.92 Å². The molecule has 1 unspecified atom stereocenters. The molecule has 0 aliphatic rings. The Hall–Kier alpha value is -1.23. The fourth-order valence-electron chi connectivity index (χ4n) is 0.862. The van der Waals surface area contributed by atoms with Crippen molar-refractivity contribution in [3.05, 3.63) is 11.4 Å². The van der Waals surface area contributed by atoms with Gasteiger partial charge in [-0.3, -0.25) is 0 Å². The van der Waals surface area contributed by atoms with Crippen LogP contribution in [0.15, 0.2) is 0 Å². The molecule has 14 heavy (non-hydrogen) atoms. The van der Waals surface area contributed by atoms with Gasteiger partial charge in [-0.05, 0) is 19.8 Å². The van der Waals surface area contributed by atoms with Gasteiger partial charge in [-0.25, -0.2) is 4.98 Å². The van der Waals surface area contributed by atoms with Gasteiger partial charge in [0.2, 0.25) is 5.95 Å². The summed E-state index contributed by atoms with van der Waals surface area (Å²) in [4.78, 5) is 4.21. The standard InChI is InChI=1S/C9H16N4O/c1-6(5-14)4-10-9-11-7(2)8(3)12-13-9/h6,14H,4-5H2,1-3H3,(H,10,11,13). The van der Waals surface area contributed by atoms with Gasteiger partial charge >= 0.3 is 0 Å². The lowest BCUT2D eigenvalue weighted by atomic mass is 10.2. The van der Waals surface area contributed by atoms with Crippen molar-refractivity contribution in [2.24, 2.45) is 5.92 Å². The molecule has 0 radical (unpaired) electrons. The molecule has 0 amide bonds. The summed E-state index contributed by atoms with van der Waals surface area (Å²) in [5.74, 6) is 0.716. The first kappa shape index (κ1) is 10.8. The van der Waals surface area contributed by atoms with Crippen LogP contribution in [-0.4, -0.2) is 33.4 Å². The van der Waals surface area contributed by atoms with E-state index < -0.39 is 0 Å². The second kappa shape index (κ2) is 4.85. The molecule has 0 aliphatic heterocycles. The van der Waals surface area contributed by atoms with E-state index in [1.165, 1.54) is 0 Å². The molecule has 1 aromatic heterocycles. The van der Waals surface area contributed by atoms with E-state index in [1.54, 1.807) is 0 Å². The number of nitrogens with one attached hydrogen (secondary N) is 1. The Morgan fingerprint density at radius 1 is 1.29 bits per heavy atom. The molecule has 2 N–H and O–H groups in total. The van der Waals surface area contributed by atoms with Gasteiger partial charge in [0.1, 0.15) is 0 Å². The number of aliphatic hydroxyl groups excluding tert-OH is 1. The average Bonchev–Trinajstić information content (AvgIpc) is 2.19. The van der Waals surface area contributed by atoms with Crippen LogP contribution >= 0.6 is 0 Å². The first-order chi connectivity index (χ1) is 6.63. The Labute approximate surface area is 83.6 Å². The lowest BCUT2D eigenvalue weighted by Gasteiger charge is -2.09. The van der Waals surface area contributed by atoms with Gasteiger partial charge < -0.3 is 10.4 Å². The quantitative estimate of drug-likeness (QED) is 0.735. The smallest absolute Gasteiger partial charge is 0.242 e. The summed E-state index contributed by atoms with van der Waals surface area (Å²) in [6, 6.07) is 0. The van der Waals surface area contributed by atoms with Crippen molar-refractivity contribution in [1.29, 1.82) is 0 Å².